The smallest absolute Gasteiger partial charge is 0.305 e. The SMILES string of the molecule is CC(=O)O[C@@H]1C[C@H]2[C@@H](CC[C@H]3C[C@]4(OC(C)=O)O[C@@H]4C[C@@]32C)[C@@H]2C[C@@H]3O[C@]4(CC[C@@H](C)CO4)[C@@H](C)[C@@H]3[C@@]12C. The summed E-state index contributed by atoms with van der Waals surface area (Å²) >= 11 is 0. The number of esters is 2. The van der Waals surface area contributed by atoms with Crippen LogP contribution in [0.1, 0.15) is 92.9 Å². The van der Waals surface area contributed by atoms with Gasteiger partial charge in [-0.25, -0.2) is 0 Å². The molecule has 7 nitrogen and oxygen atoms in total. The number of ether oxygens (including phenoxy) is 5. The quantitative estimate of drug-likeness (QED) is 0.356. The number of carbonyl (C=O) groups is 2. The lowest BCUT2D eigenvalue weighted by Gasteiger charge is -2.62. The highest BCUT2D eigenvalue weighted by molar-refractivity contribution is 5.67. The van der Waals surface area contributed by atoms with Crippen LogP contribution in [0.15, 0.2) is 0 Å². The first-order chi connectivity index (χ1) is 17.9. The Labute approximate surface area is 227 Å². The van der Waals surface area contributed by atoms with E-state index in [-0.39, 0.29) is 47.0 Å². The summed E-state index contributed by atoms with van der Waals surface area (Å²) in [4.78, 5) is 24.3. The molecule has 4 saturated carbocycles. The molecule has 4 aliphatic carbocycles. The van der Waals surface area contributed by atoms with Crippen molar-refractivity contribution in [3.05, 3.63) is 0 Å². The first kappa shape index (κ1) is 25.8. The second kappa shape index (κ2) is 8.19. The zero-order valence-electron chi connectivity index (χ0n) is 24.0. The molecule has 3 heterocycles. The van der Waals surface area contributed by atoms with Gasteiger partial charge in [0.25, 0.3) is 0 Å². The molecule has 0 aromatic carbocycles. The number of epoxide rings is 1. The number of hydrogen-bond donors (Lipinski definition) is 0. The number of fused-ring (bicyclic) bond motifs is 8. The molecule has 0 aromatic heterocycles. The number of carbonyl (C=O) groups excluding carboxylic acids is 2. The molecular formula is C31H46O7. The molecule has 0 bridgehead atoms. The minimum Gasteiger partial charge on any atom is -0.462 e. The molecule has 7 aliphatic rings. The predicted octanol–water partition coefficient (Wildman–Crippen LogP) is 5.24. The van der Waals surface area contributed by atoms with Gasteiger partial charge < -0.3 is 23.7 Å². The van der Waals surface area contributed by atoms with Crippen LogP contribution in [0.25, 0.3) is 0 Å². The summed E-state index contributed by atoms with van der Waals surface area (Å²) in [6.07, 6.45) is 8.07. The van der Waals surface area contributed by atoms with Gasteiger partial charge in [-0.2, -0.15) is 0 Å². The van der Waals surface area contributed by atoms with Crippen LogP contribution in [-0.2, 0) is 33.3 Å². The van der Waals surface area contributed by atoms with E-state index in [4.69, 9.17) is 23.7 Å². The van der Waals surface area contributed by atoms with E-state index in [2.05, 4.69) is 27.7 Å². The van der Waals surface area contributed by atoms with E-state index in [1.54, 1.807) is 6.92 Å². The van der Waals surface area contributed by atoms with Crippen LogP contribution in [0.2, 0.25) is 0 Å². The second-order valence-corrected chi connectivity index (χ2v) is 14.8. The average molecular weight is 531 g/mol. The lowest BCUT2D eigenvalue weighted by molar-refractivity contribution is -0.274. The Bertz CT molecular complexity index is 1020. The van der Waals surface area contributed by atoms with Crippen LogP contribution in [0.4, 0.5) is 0 Å². The maximum atomic E-state index is 12.5. The molecule has 1 spiro atoms. The largest absolute Gasteiger partial charge is 0.462 e. The lowest BCUT2D eigenvalue weighted by Crippen LogP contribution is -2.60. The van der Waals surface area contributed by atoms with E-state index < -0.39 is 11.6 Å². The van der Waals surface area contributed by atoms with Crippen LogP contribution in [0, 0.1) is 52.3 Å². The maximum absolute atomic E-state index is 12.5. The van der Waals surface area contributed by atoms with Gasteiger partial charge in [0, 0.05) is 43.9 Å². The van der Waals surface area contributed by atoms with Crippen LogP contribution < -0.4 is 0 Å². The van der Waals surface area contributed by atoms with Gasteiger partial charge in [-0.1, -0.05) is 27.7 Å². The Hall–Kier alpha value is -1.18. The molecule has 212 valence electrons. The Morgan fingerprint density at radius 3 is 2.39 bits per heavy atom. The van der Waals surface area contributed by atoms with Crippen molar-refractivity contribution in [2.75, 3.05) is 6.61 Å². The van der Waals surface area contributed by atoms with Gasteiger partial charge in [-0.15, -0.1) is 0 Å². The van der Waals surface area contributed by atoms with Crippen molar-refractivity contribution in [2.24, 2.45) is 52.3 Å². The van der Waals surface area contributed by atoms with E-state index in [9.17, 15) is 9.59 Å². The third kappa shape index (κ3) is 3.36. The zero-order valence-corrected chi connectivity index (χ0v) is 24.0. The summed E-state index contributed by atoms with van der Waals surface area (Å²) in [5.74, 6) is 1.51. The van der Waals surface area contributed by atoms with Crippen molar-refractivity contribution in [3.63, 3.8) is 0 Å². The van der Waals surface area contributed by atoms with E-state index in [0.717, 1.165) is 51.6 Å². The van der Waals surface area contributed by atoms with Gasteiger partial charge in [0.2, 0.25) is 5.79 Å². The number of rotatable bonds is 2. The van der Waals surface area contributed by atoms with Crippen LogP contribution >= 0.6 is 0 Å². The molecule has 0 unspecified atom stereocenters. The standard InChI is InChI=1S/C31H46O7/c1-16-9-10-30(34-15-16)17(2)27-24(37-30)11-23-21-8-7-20-13-31(36-19(4)33)26(38-31)14-28(20,5)22(21)12-25(29(23,27)6)35-18(3)32/h16-17,20-27H,7-15H2,1-6H3/t16-,17+,20+,21-,22+,23+,24+,25-,26-,27+,28+,29-,30-,31+/m1/s1. The van der Waals surface area contributed by atoms with Crippen molar-refractivity contribution in [1.82, 2.24) is 0 Å². The van der Waals surface area contributed by atoms with Gasteiger partial charge in [0.05, 0.1) is 12.7 Å². The highest BCUT2D eigenvalue weighted by Gasteiger charge is 2.75. The minimum atomic E-state index is -0.694. The zero-order chi connectivity index (χ0) is 26.8. The fraction of sp³-hybridized carbons (Fsp3) is 0.935. The highest BCUT2D eigenvalue weighted by Crippen LogP contribution is 2.73. The third-order valence-corrected chi connectivity index (χ3v) is 13.0. The van der Waals surface area contributed by atoms with Gasteiger partial charge in [-0.3, -0.25) is 9.59 Å². The Morgan fingerprint density at radius 2 is 1.71 bits per heavy atom. The monoisotopic (exact) mass is 530 g/mol. The first-order valence-electron chi connectivity index (χ1n) is 15.3. The Morgan fingerprint density at radius 1 is 0.921 bits per heavy atom. The van der Waals surface area contributed by atoms with Gasteiger partial charge >= 0.3 is 11.9 Å². The van der Waals surface area contributed by atoms with Crippen molar-refractivity contribution in [2.45, 2.75) is 123 Å². The summed E-state index contributed by atoms with van der Waals surface area (Å²) in [5, 5.41) is 0. The molecule has 7 rings (SSSR count). The first-order valence-corrected chi connectivity index (χ1v) is 15.3. The molecule has 38 heavy (non-hydrogen) atoms. The fourth-order valence-corrected chi connectivity index (χ4v) is 11.2. The fourth-order valence-electron chi connectivity index (χ4n) is 11.2. The molecule has 7 heteroatoms. The van der Waals surface area contributed by atoms with Crippen molar-refractivity contribution in [1.29, 1.82) is 0 Å². The van der Waals surface area contributed by atoms with Crippen LogP contribution in [-0.4, -0.2) is 48.4 Å². The Kier molecular flexibility index (Phi) is 5.55. The van der Waals surface area contributed by atoms with Crippen molar-refractivity contribution >= 4 is 11.9 Å². The van der Waals surface area contributed by atoms with Crippen molar-refractivity contribution in [3.8, 4) is 0 Å². The van der Waals surface area contributed by atoms with Gasteiger partial charge in [0.15, 0.2) is 5.79 Å². The van der Waals surface area contributed by atoms with Crippen molar-refractivity contribution < 1.29 is 33.3 Å². The Balaban J connectivity index is 1.20. The summed E-state index contributed by atoms with van der Waals surface area (Å²) in [5.41, 5.74) is -0.0379. The second-order valence-electron chi connectivity index (χ2n) is 14.8. The minimum absolute atomic E-state index is 0.0103. The lowest BCUT2D eigenvalue weighted by atomic mass is 9.43. The molecule has 14 atom stereocenters. The summed E-state index contributed by atoms with van der Waals surface area (Å²) in [7, 11) is 0. The van der Waals surface area contributed by atoms with E-state index in [0.29, 0.717) is 35.5 Å². The normalized spacial score (nSPS) is 58.2. The summed E-state index contributed by atoms with van der Waals surface area (Å²) in [6.45, 7) is 13.3. The van der Waals surface area contributed by atoms with Gasteiger partial charge in [0.1, 0.15) is 12.2 Å². The molecule has 0 radical (unpaired) electrons. The average Bonchev–Trinajstić information content (AvgIpc) is 3.30. The molecule has 7 fully saturated rings. The van der Waals surface area contributed by atoms with E-state index in [1.807, 2.05) is 0 Å². The topological polar surface area (TPSA) is 83.6 Å². The molecular weight excluding hydrogens is 484 g/mol. The summed E-state index contributed by atoms with van der Waals surface area (Å²) in [6, 6.07) is 0. The highest BCUT2D eigenvalue weighted by atomic mass is 16.8. The molecule has 0 amide bonds. The summed E-state index contributed by atoms with van der Waals surface area (Å²) < 4.78 is 31.5. The molecule has 3 aliphatic heterocycles. The number of hydrogen-bond acceptors (Lipinski definition) is 7. The van der Waals surface area contributed by atoms with E-state index in [1.165, 1.54) is 13.3 Å². The van der Waals surface area contributed by atoms with Crippen LogP contribution in [0.3, 0.4) is 0 Å². The van der Waals surface area contributed by atoms with E-state index >= 15 is 0 Å². The predicted molar refractivity (Wildman–Crippen MR) is 137 cm³/mol. The van der Waals surface area contributed by atoms with Gasteiger partial charge in [-0.05, 0) is 73.5 Å². The van der Waals surface area contributed by atoms with Crippen LogP contribution in [0.5, 0.6) is 0 Å². The molecule has 0 aromatic rings. The molecule has 3 saturated heterocycles. The third-order valence-electron chi connectivity index (χ3n) is 13.0. The maximum Gasteiger partial charge on any atom is 0.305 e. The molecule has 0 N–H and O–H groups in total.